The first-order valence-electron chi connectivity index (χ1n) is 12.6. The van der Waals surface area contributed by atoms with E-state index in [1.54, 1.807) is 0 Å². The normalized spacial score (nSPS) is 14.4. The molecule has 0 bridgehead atoms. The van der Waals surface area contributed by atoms with Crippen molar-refractivity contribution in [1.29, 1.82) is 0 Å². The zero-order valence-electron chi connectivity index (χ0n) is 21.9. The zero-order chi connectivity index (χ0) is 23.6. The molecule has 0 heterocycles. The molecule has 0 aromatic heterocycles. The van der Waals surface area contributed by atoms with Crippen LogP contribution in [0.1, 0.15) is 119 Å². The van der Waals surface area contributed by atoms with Crippen LogP contribution in [0.5, 0.6) is 0 Å². The predicted molar refractivity (Wildman–Crippen MR) is 125 cm³/mol. The Kier molecular flexibility index (Phi) is 22.1. The van der Waals surface area contributed by atoms with Gasteiger partial charge >= 0.3 is 36.9 Å². The molecule has 3 unspecified atom stereocenters. The van der Waals surface area contributed by atoms with Crippen molar-refractivity contribution in [2.45, 2.75) is 119 Å². The summed E-state index contributed by atoms with van der Waals surface area (Å²) in [5, 5.41) is 0. The van der Waals surface area contributed by atoms with Crippen LogP contribution in [0.25, 0.3) is 0 Å². The maximum atomic E-state index is 12.7. The second-order valence-corrected chi connectivity index (χ2v) is 8.49. The molecule has 0 radical (unpaired) electrons. The molecule has 0 amide bonds. The van der Waals surface area contributed by atoms with E-state index >= 15 is 0 Å². The van der Waals surface area contributed by atoms with Crippen LogP contribution < -0.4 is 29.6 Å². The molecule has 0 aliphatic heterocycles. The molecule has 8 heteroatoms. The van der Waals surface area contributed by atoms with Gasteiger partial charge in [-0.05, 0) is 38.5 Å². The molecule has 182 valence electrons. The van der Waals surface area contributed by atoms with Crippen molar-refractivity contribution >= 4 is 25.2 Å². The third kappa shape index (κ3) is 13.9. The molecule has 32 heavy (non-hydrogen) atoms. The number of rotatable bonds is 18. The molecule has 0 aliphatic carbocycles. The predicted octanol–water partition coefficient (Wildman–Crippen LogP) is 2.99. The van der Waals surface area contributed by atoms with Crippen LogP contribution in [0.3, 0.4) is 0 Å². The Morgan fingerprint density at radius 2 is 0.812 bits per heavy atom. The Hall–Kier alpha value is -0.525. The fourth-order valence-electron chi connectivity index (χ4n) is 3.61. The van der Waals surface area contributed by atoms with Crippen molar-refractivity contribution in [1.82, 2.24) is 0 Å². The van der Waals surface area contributed by atoms with Gasteiger partial charge in [-0.2, -0.15) is 0 Å². The van der Waals surface area contributed by atoms with Crippen molar-refractivity contribution in [3.05, 3.63) is 0 Å². The van der Waals surface area contributed by atoms with Crippen molar-refractivity contribution in [2.24, 2.45) is 17.8 Å². The van der Waals surface area contributed by atoms with Gasteiger partial charge < -0.3 is 14.0 Å². The minimum Gasteiger partial charge on any atom is -0.625 e. The van der Waals surface area contributed by atoms with Gasteiger partial charge in [0.2, 0.25) is 0 Å². The van der Waals surface area contributed by atoms with Crippen LogP contribution in [-0.2, 0) is 28.3 Å². The molecule has 0 aromatic rings. The van der Waals surface area contributed by atoms with Crippen LogP contribution in [0.2, 0.25) is 0 Å². The molecule has 0 saturated heterocycles. The first kappa shape index (κ1) is 33.6. The molecule has 0 spiro atoms. The van der Waals surface area contributed by atoms with E-state index in [-0.39, 0.29) is 47.3 Å². The molecule has 3 atom stereocenters. The Morgan fingerprint density at radius 1 is 0.562 bits per heavy atom. The number of unbranched alkanes of at least 4 members (excludes halogenated alkanes) is 3. The van der Waals surface area contributed by atoms with E-state index in [0.717, 1.165) is 38.5 Å². The van der Waals surface area contributed by atoms with Gasteiger partial charge in [0.15, 0.2) is 0 Å². The van der Waals surface area contributed by atoms with Gasteiger partial charge in [0.1, 0.15) is 0 Å². The van der Waals surface area contributed by atoms with E-state index in [2.05, 4.69) is 20.8 Å². The van der Waals surface area contributed by atoms with Crippen LogP contribution in [-0.4, -0.2) is 25.2 Å². The maximum Gasteiger partial charge on any atom is 1.00 e. The van der Waals surface area contributed by atoms with E-state index in [0.29, 0.717) is 38.5 Å². The second kappa shape index (κ2) is 21.0. The summed E-state index contributed by atoms with van der Waals surface area (Å²) in [5.41, 5.74) is 0. The summed E-state index contributed by atoms with van der Waals surface area (Å²) < 4.78 is 16.5. The standard InChI is InChI=1S/C24H46BO6.Na/c1-7-13-16-19(10-4)22(26)29-25(30-23(27)20(11-5)17-14-8-2)31-24(28)21(12-6)18-15-9-3;/h19-21,25H,7-18H2,1-6H3;/q-1;+1. The largest absolute Gasteiger partial charge is 1.00 e. The van der Waals surface area contributed by atoms with Gasteiger partial charge in [-0.25, -0.2) is 0 Å². The molecular weight excluding hydrogens is 418 g/mol. The fraction of sp³-hybridized carbons (Fsp3) is 0.875. The van der Waals surface area contributed by atoms with E-state index in [4.69, 9.17) is 14.0 Å². The molecule has 0 saturated carbocycles. The number of carbonyl (C=O) groups is 3. The van der Waals surface area contributed by atoms with E-state index in [1.165, 1.54) is 0 Å². The topological polar surface area (TPSA) is 78.9 Å². The van der Waals surface area contributed by atoms with Gasteiger partial charge in [-0.1, -0.05) is 80.1 Å². The molecule has 6 nitrogen and oxygen atoms in total. The molecule has 0 rings (SSSR count). The smallest absolute Gasteiger partial charge is 0.625 e. The summed E-state index contributed by atoms with van der Waals surface area (Å²) >= 11 is 0. The van der Waals surface area contributed by atoms with Gasteiger partial charge in [0.25, 0.3) is 17.9 Å². The summed E-state index contributed by atoms with van der Waals surface area (Å²) in [7, 11) is -2.61. The van der Waals surface area contributed by atoms with E-state index in [9.17, 15) is 14.4 Å². The zero-order valence-corrected chi connectivity index (χ0v) is 23.9. The van der Waals surface area contributed by atoms with Gasteiger partial charge in [-0.3, -0.25) is 14.4 Å². The average molecular weight is 464 g/mol. The van der Waals surface area contributed by atoms with Crippen LogP contribution in [0, 0.1) is 17.8 Å². The Labute approximate surface area is 218 Å². The summed E-state index contributed by atoms with van der Waals surface area (Å²) in [6.07, 6.45) is 9.72. The first-order valence-corrected chi connectivity index (χ1v) is 12.6. The molecule has 0 aliphatic rings. The van der Waals surface area contributed by atoms with Gasteiger partial charge in [0, 0.05) is 0 Å². The monoisotopic (exact) mass is 464 g/mol. The molecule has 0 N–H and O–H groups in total. The van der Waals surface area contributed by atoms with Crippen molar-refractivity contribution in [2.75, 3.05) is 0 Å². The Bertz CT molecular complexity index is 445. The van der Waals surface area contributed by atoms with Crippen LogP contribution >= 0.6 is 0 Å². The Balaban J connectivity index is 0. The summed E-state index contributed by atoms with van der Waals surface area (Å²) in [4.78, 5) is 38.1. The number of carbonyl (C=O) groups excluding carboxylic acids is 3. The van der Waals surface area contributed by atoms with E-state index < -0.39 is 25.2 Å². The molecular formula is C24H46BNaO6. The minimum atomic E-state index is -2.61. The molecule has 0 aromatic carbocycles. The van der Waals surface area contributed by atoms with Crippen molar-refractivity contribution < 1.29 is 57.9 Å². The van der Waals surface area contributed by atoms with Crippen LogP contribution in [0.4, 0.5) is 0 Å². The van der Waals surface area contributed by atoms with Crippen LogP contribution in [0.15, 0.2) is 0 Å². The third-order valence-electron chi connectivity index (χ3n) is 5.98. The SMILES string of the molecule is CCCCC(CC)C(=O)O[BH-](OC(=O)C(CC)CCCC)OC(=O)C(CC)CCCC.[Na+]. The van der Waals surface area contributed by atoms with Gasteiger partial charge in [0.05, 0.1) is 17.8 Å². The Morgan fingerprint density at radius 3 is 1.00 bits per heavy atom. The number of hydrogen-bond acceptors (Lipinski definition) is 6. The third-order valence-corrected chi connectivity index (χ3v) is 5.98. The summed E-state index contributed by atoms with van der Waals surface area (Å²) in [6, 6.07) is 0. The minimum absolute atomic E-state index is 0. The maximum absolute atomic E-state index is 12.7. The first-order chi connectivity index (χ1) is 14.9. The second-order valence-electron chi connectivity index (χ2n) is 8.49. The van der Waals surface area contributed by atoms with E-state index in [1.807, 2.05) is 20.8 Å². The summed E-state index contributed by atoms with van der Waals surface area (Å²) in [5.74, 6) is -2.18. The van der Waals surface area contributed by atoms with Crippen molar-refractivity contribution in [3.63, 3.8) is 0 Å². The van der Waals surface area contributed by atoms with Crippen molar-refractivity contribution in [3.8, 4) is 0 Å². The quantitative estimate of drug-likeness (QED) is 0.290. The van der Waals surface area contributed by atoms with Gasteiger partial charge in [-0.15, -0.1) is 0 Å². The molecule has 0 fully saturated rings. The fourth-order valence-corrected chi connectivity index (χ4v) is 3.61. The average Bonchev–Trinajstić information content (AvgIpc) is 2.75. The summed E-state index contributed by atoms with van der Waals surface area (Å²) in [6.45, 7) is 12.0. The number of hydrogen-bond donors (Lipinski definition) is 0.